The van der Waals surface area contributed by atoms with Crippen molar-refractivity contribution in [1.82, 2.24) is 0 Å². The minimum absolute atomic E-state index is 0.492. The summed E-state index contributed by atoms with van der Waals surface area (Å²) in [5, 5.41) is 0. The summed E-state index contributed by atoms with van der Waals surface area (Å²) in [7, 11) is 0. The predicted molar refractivity (Wildman–Crippen MR) is 79.0 cm³/mol. The smallest absolute Gasteiger partial charge is 0.0115 e. The Hall–Kier alpha value is -1.56. The molecule has 0 radical (unpaired) electrons. The normalized spacial score (nSPS) is 12.7. The van der Waals surface area contributed by atoms with Gasteiger partial charge in [-0.1, -0.05) is 67.9 Å². The zero-order valence-corrected chi connectivity index (χ0v) is 11.8. The molecule has 2 aromatic carbocycles. The van der Waals surface area contributed by atoms with Gasteiger partial charge in [0.25, 0.3) is 0 Å². The van der Waals surface area contributed by atoms with Crippen molar-refractivity contribution >= 4 is 0 Å². The van der Waals surface area contributed by atoms with Gasteiger partial charge in [0.15, 0.2) is 0 Å². The van der Waals surface area contributed by atoms with Crippen LogP contribution in [0.3, 0.4) is 0 Å². The van der Waals surface area contributed by atoms with Crippen molar-refractivity contribution in [3.05, 3.63) is 70.8 Å². The van der Waals surface area contributed by atoms with Gasteiger partial charge in [0.05, 0.1) is 0 Å². The Morgan fingerprint density at radius 1 is 0.833 bits per heavy atom. The molecule has 0 amide bonds. The first kappa shape index (κ1) is 12.9. The van der Waals surface area contributed by atoms with Crippen molar-refractivity contribution < 1.29 is 0 Å². The summed E-state index contributed by atoms with van der Waals surface area (Å²) in [6.07, 6.45) is 0. The molecule has 0 saturated carbocycles. The molecule has 0 spiro atoms. The quantitative estimate of drug-likeness (QED) is 0.698. The van der Waals surface area contributed by atoms with E-state index in [9.17, 15) is 0 Å². The van der Waals surface area contributed by atoms with Crippen molar-refractivity contribution in [2.75, 3.05) is 0 Å². The lowest BCUT2D eigenvalue weighted by molar-refractivity contribution is 0.561. The zero-order valence-electron chi connectivity index (χ0n) is 11.8. The van der Waals surface area contributed by atoms with Crippen LogP contribution in [0.15, 0.2) is 48.5 Å². The van der Waals surface area contributed by atoms with E-state index < -0.39 is 0 Å². The number of aryl methyl sites for hydroxylation is 2. The lowest BCUT2D eigenvalue weighted by Crippen LogP contribution is -2.10. The highest BCUT2D eigenvalue weighted by molar-refractivity contribution is 5.39. The Kier molecular flexibility index (Phi) is 3.86. The molecule has 1 unspecified atom stereocenters. The molecule has 0 aliphatic carbocycles. The van der Waals surface area contributed by atoms with E-state index in [2.05, 4.69) is 76.2 Å². The molecule has 18 heavy (non-hydrogen) atoms. The maximum atomic E-state index is 2.30. The third kappa shape index (κ3) is 2.64. The van der Waals surface area contributed by atoms with Gasteiger partial charge in [-0.25, -0.2) is 0 Å². The molecule has 2 rings (SSSR count). The average molecular weight is 238 g/mol. The molecule has 0 fully saturated rings. The van der Waals surface area contributed by atoms with Crippen LogP contribution in [-0.2, 0) is 0 Å². The number of hydrogen-bond donors (Lipinski definition) is 0. The van der Waals surface area contributed by atoms with Crippen LogP contribution in [0, 0.1) is 19.8 Å². The summed E-state index contributed by atoms with van der Waals surface area (Å²) >= 11 is 0. The first-order valence-electron chi connectivity index (χ1n) is 6.71. The van der Waals surface area contributed by atoms with Gasteiger partial charge in [-0.2, -0.15) is 0 Å². The fourth-order valence-electron chi connectivity index (χ4n) is 2.76. The van der Waals surface area contributed by atoms with Crippen molar-refractivity contribution in [3.8, 4) is 0 Å². The van der Waals surface area contributed by atoms with E-state index in [1.807, 2.05) is 0 Å². The maximum Gasteiger partial charge on any atom is 0.0115 e. The van der Waals surface area contributed by atoms with E-state index in [0.29, 0.717) is 11.8 Å². The predicted octanol–water partition coefficient (Wildman–Crippen LogP) is 5.09. The van der Waals surface area contributed by atoms with Gasteiger partial charge in [-0.05, 0) is 36.5 Å². The van der Waals surface area contributed by atoms with Crippen LogP contribution in [0.4, 0.5) is 0 Å². The molecule has 0 heterocycles. The van der Waals surface area contributed by atoms with E-state index in [1.165, 1.54) is 22.3 Å². The van der Waals surface area contributed by atoms with Gasteiger partial charge in [0, 0.05) is 5.92 Å². The minimum atomic E-state index is 0.492. The second-order valence-electron chi connectivity index (χ2n) is 5.49. The van der Waals surface area contributed by atoms with Crippen LogP contribution >= 0.6 is 0 Å². The largest absolute Gasteiger partial charge is 0.0622 e. The summed E-state index contributed by atoms with van der Waals surface area (Å²) in [6, 6.07) is 17.6. The van der Waals surface area contributed by atoms with E-state index in [4.69, 9.17) is 0 Å². The summed E-state index contributed by atoms with van der Waals surface area (Å²) in [6.45, 7) is 8.98. The van der Waals surface area contributed by atoms with E-state index in [1.54, 1.807) is 0 Å². The Bertz CT molecular complexity index is 509. The van der Waals surface area contributed by atoms with Gasteiger partial charge in [-0.3, -0.25) is 0 Å². The van der Waals surface area contributed by atoms with Crippen LogP contribution in [0.2, 0.25) is 0 Å². The molecule has 0 aliphatic rings. The van der Waals surface area contributed by atoms with Crippen LogP contribution in [-0.4, -0.2) is 0 Å². The van der Waals surface area contributed by atoms with Crippen LogP contribution in [0.1, 0.15) is 42.0 Å². The molecule has 0 aliphatic heterocycles. The maximum absolute atomic E-state index is 2.30. The molecular weight excluding hydrogens is 216 g/mol. The number of hydrogen-bond acceptors (Lipinski definition) is 0. The van der Waals surface area contributed by atoms with E-state index in [0.717, 1.165) is 0 Å². The van der Waals surface area contributed by atoms with Crippen molar-refractivity contribution in [3.63, 3.8) is 0 Å². The summed E-state index contributed by atoms with van der Waals surface area (Å²) < 4.78 is 0. The molecule has 1 atom stereocenters. The van der Waals surface area contributed by atoms with Gasteiger partial charge >= 0.3 is 0 Å². The monoisotopic (exact) mass is 238 g/mol. The molecule has 2 aromatic rings. The van der Waals surface area contributed by atoms with Crippen molar-refractivity contribution in [2.45, 2.75) is 33.6 Å². The molecule has 0 saturated heterocycles. The Morgan fingerprint density at radius 2 is 1.50 bits per heavy atom. The molecule has 0 N–H and O–H groups in total. The highest BCUT2D eigenvalue weighted by atomic mass is 14.2. The van der Waals surface area contributed by atoms with E-state index in [-0.39, 0.29) is 0 Å². The molecule has 0 nitrogen and oxygen atoms in total. The van der Waals surface area contributed by atoms with Gasteiger partial charge < -0.3 is 0 Å². The second-order valence-corrected chi connectivity index (χ2v) is 5.49. The topological polar surface area (TPSA) is 0 Å². The van der Waals surface area contributed by atoms with Crippen LogP contribution in [0.5, 0.6) is 0 Å². The Balaban J connectivity index is 2.49. The highest BCUT2D eigenvalue weighted by Crippen LogP contribution is 2.33. The molecule has 0 heteroatoms. The number of rotatable bonds is 3. The van der Waals surface area contributed by atoms with Crippen LogP contribution < -0.4 is 0 Å². The SMILES string of the molecule is Cc1ccc(C(c2ccccc2)C(C)C)c(C)c1. The lowest BCUT2D eigenvalue weighted by Gasteiger charge is -2.24. The molecular formula is C18H22. The summed E-state index contributed by atoms with van der Waals surface area (Å²) in [4.78, 5) is 0. The fraction of sp³-hybridized carbons (Fsp3) is 0.333. The van der Waals surface area contributed by atoms with Gasteiger partial charge in [0.1, 0.15) is 0 Å². The minimum Gasteiger partial charge on any atom is -0.0622 e. The molecule has 0 bridgehead atoms. The van der Waals surface area contributed by atoms with Gasteiger partial charge in [0.2, 0.25) is 0 Å². The van der Waals surface area contributed by atoms with Crippen molar-refractivity contribution in [2.24, 2.45) is 5.92 Å². The first-order chi connectivity index (χ1) is 8.59. The number of benzene rings is 2. The zero-order chi connectivity index (χ0) is 13.1. The summed E-state index contributed by atoms with van der Waals surface area (Å²) in [5.74, 6) is 1.10. The molecule has 0 aromatic heterocycles. The summed E-state index contributed by atoms with van der Waals surface area (Å²) in [5.41, 5.74) is 5.62. The van der Waals surface area contributed by atoms with Gasteiger partial charge in [-0.15, -0.1) is 0 Å². The van der Waals surface area contributed by atoms with Crippen molar-refractivity contribution in [1.29, 1.82) is 0 Å². The third-order valence-electron chi connectivity index (χ3n) is 3.59. The first-order valence-corrected chi connectivity index (χ1v) is 6.71. The average Bonchev–Trinajstić information content (AvgIpc) is 2.33. The standard InChI is InChI=1S/C18H22/c1-13(2)18(16-8-6-5-7-9-16)17-11-10-14(3)12-15(17)4/h5-13,18H,1-4H3. The second kappa shape index (κ2) is 5.39. The lowest BCUT2D eigenvalue weighted by atomic mass is 9.80. The van der Waals surface area contributed by atoms with E-state index >= 15 is 0 Å². The Morgan fingerprint density at radius 3 is 2.06 bits per heavy atom. The highest BCUT2D eigenvalue weighted by Gasteiger charge is 2.19. The Labute approximate surface area is 111 Å². The third-order valence-corrected chi connectivity index (χ3v) is 3.59. The van der Waals surface area contributed by atoms with Crippen LogP contribution in [0.25, 0.3) is 0 Å². The molecule has 94 valence electrons. The fourth-order valence-corrected chi connectivity index (χ4v) is 2.76.